The van der Waals surface area contributed by atoms with Crippen LogP contribution in [0.15, 0.2) is 24.5 Å². The van der Waals surface area contributed by atoms with E-state index in [9.17, 15) is 4.79 Å². The Hall–Kier alpha value is -1.99. The summed E-state index contributed by atoms with van der Waals surface area (Å²) in [7, 11) is 0. The van der Waals surface area contributed by atoms with Crippen molar-refractivity contribution in [3.63, 3.8) is 0 Å². The van der Waals surface area contributed by atoms with Gasteiger partial charge in [-0.2, -0.15) is 0 Å². The highest BCUT2D eigenvalue weighted by Gasteiger charge is 2.26. The molecule has 8 heteroatoms. The molecule has 0 bridgehead atoms. The molecule has 1 aromatic heterocycles. The number of aromatic nitrogens is 4. The number of nitrogens with zero attached hydrogens (tertiary/aromatic N) is 4. The van der Waals surface area contributed by atoms with Gasteiger partial charge in [0.2, 0.25) is 5.91 Å². The predicted molar refractivity (Wildman–Crippen MR) is 80.5 cm³/mol. The first-order chi connectivity index (χ1) is 9.94. The Labute approximate surface area is 127 Å². The molecule has 0 fully saturated rings. The molecule has 1 aromatic carbocycles. The molecule has 0 radical (unpaired) electrons. The zero-order valence-corrected chi connectivity index (χ0v) is 12.8. The van der Waals surface area contributed by atoms with Crippen LogP contribution in [-0.2, 0) is 4.79 Å². The fourth-order valence-corrected chi connectivity index (χ4v) is 2.00. The summed E-state index contributed by atoms with van der Waals surface area (Å²) in [4.78, 5) is 12.3. The molecule has 0 aliphatic heterocycles. The number of carbonyl (C=O) groups is 1. The molecule has 0 atom stereocenters. The van der Waals surface area contributed by atoms with Crippen molar-refractivity contribution in [2.45, 2.75) is 26.3 Å². The third kappa shape index (κ3) is 3.56. The van der Waals surface area contributed by atoms with Crippen molar-refractivity contribution in [1.29, 1.82) is 0 Å². The van der Waals surface area contributed by atoms with Crippen LogP contribution in [0.4, 0.5) is 5.69 Å². The zero-order valence-electron chi connectivity index (χ0n) is 12.1. The van der Waals surface area contributed by atoms with E-state index >= 15 is 0 Å². The fraction of sp³-hybridized carbons (Fsp3) is 0.385. The lowest BCUT2D eigenvalue weighted by atomic mass is 10.0. The maximum Gasteiger partial charge on any atom is 0.244 e. The molecule has 2 N–H and O–H groups in total. The Bertz CT molecular complexity index is 626. The molecule has 21 heavy (non-hydrogen) atoms. The number of tetrazole rings is 1. The van der Waals surface area contributed by atoms with Crippen LogP contribution in [0.2, 0.25) is 5.02 Å². The quantitative estimate of drug-likeness (QED) is 0.877. The number of hydrogen-bond acceptors (Lipinski definition) is 5. The van der Waals surface area contributed by atoms with Gasteiger partial charge in [-0.05, 0) is 49.0 Å². The van der Waals surface area contributed by atoms with Gasteiger partial charge in [0.1, 0.15) is 6.33 Å². The van der Waals surface area contributed by atoms with Crippen LogP contribution in [-0.4, -0.2) is 38.2 Å². The molecule has 112 valence electrons. The topological polar surface area (TPSA) is 84.7 Å². The number of carbonyl (C=O) groups excluding carboxylic acids is 1. The van der Waals surface area contributed by atoms with Crippen LogP contribution in [0.1, 0.15) is 20.8 Å². The molecule has 1 amide bonds. The third-order valence-corrected chi connectivity index (χ3v) is 3.33. The van der Waals surface area contributed by atoms with Crippen molar-refractivity contribution in [1.82, 2.24) is 25.5 Å². The number of halogens is 1. The van der Waals surface area contributed by atoms with Crippen LogP contribution in [0.5, 0.6) is 0 Å². The number of nitrogens with one attached hydrogen (secondary N) is 2. The van der Waals surface area contributed by atoms with Gasteiger partial charge in [-0.3, -0.25) is 4.79 Å². The number of rotatable bonds is 5. The number of amides is 1. The van der Waals surface area contributed by atoms with Crippen molar-refractivity contribution >= 4 is 23.2 Å². The summed E-state index contributed by atoms with van der Waals surface area (Å²) in [6.45, 7) is 6.26. The second-order valence-electron chi connectivity index (χ2n) is 5.03. The first-order valence-electron chi connectivity index (χ1n) is 6.53. The molecule has 2 aromatic rings. The van der Waals surface area contributed by atoms with Gasteiger partial charge in [0, 0.05) is 0 Å². The lowest BCUT2D eigenvalue weighted by Crippen LogP contribution is -2.49. The van der Waals surface area contributed by atoms with Crippen molar-refractivity contribution in [3.05, 3.63) is 29.5 Å². The van der Waals surface area contributed by atoms with E-state index in [0.29, 0.717) is 22.9 Å². The number of likely N-dealkylation sites (N-methyl/N-ethyl adjacent to an activating group) is 1. The van der Waals surface area contributed by atoms with E-state index in [1.807, 2.05) is 20.8 Å². The van der Waals surface area contributed by atoms with Gasteiger partial charge < -0.3 is 10.6 Å². The summed E-state index contributed by atoms with van der Waals surface area (Å²) in [6, 6.07) is 5.18. The van der Waals surface area contributed by atoms with Crippen molar-refractivity contribution in [2.75, 3.05) is 11.9 Å². The minimum Gasteiger partial charge on any atom is -0.323 e. The summed E-state index contributed by atoms with van der Waals surface area (Å²) >= 11 is 6.13. The highest BCUT2D eigenvalue weighted by molar-refractivity contribution is 6.33. The van der Waals surface area contributed by atoms with Crippen LogP contribution in [0, 0.1) is 0 Å². The average molecular weight is 309 g/mol. The predicted octanol–water partition coefficient (Wildman–Crippen LogP) is 1.64. The van der Waals surface area contributed by atoms with Gasteiger partial charge >= 0.3 is 0 Å². The minimum absolute atomic E-state index is 0.167. The van der Waals surface area contributed by atoms with E-state index in [-0.39, 0.29) is 5.91 Å². The molecule has 0 aliphatic rings. The highest BCUT2D eigenvalue weighted by Crippen LogP contribution is 2.25. The number of hydrogen-bond donors (Lipinski definition) is 2. The molecule has 2 rings (SSSR count). The maximum absolute atomic E-state index is 12.3. The first kappa shape index (κ1) is 15.4. The second-order valence-corrected chi connectivity index (χ2v) is 5.44. The molecular weight excluding hydrogens is 292 g/mol. The van der Waals surface area contributed by atoms with Crippen molar-refractivity contribution in [2.24, 2.45) is 0 Å². The van der Waals surface area contributed by atoms with E-state index < -0.39 is 5.54 Å². The molecule has 7 nitrogen and oxygen atoms in total. The van der Waals surface area contributed by atoms with E-state index in [1.165, 1.54) is 11.0 Å². The summed E-state index contributed by atoms with van der Waals surface area (Å²) in [6.07, 6.45) is 1.47. The number of anilines is 1. The Morgan fingerprint density at radius 1 is 1.43 bits per heavy atom. The summed E-state index contributed by atoms with van der Waals surface area (Å²) in [5, 5.41) is 17.3. The average Bonchev–Trinajstić information content (AvgIpc) is 2.95. The third-order valence-electron chi connectivity index (χ3n) is 3.00. The van der Waals surface area contributed by atoms with Crippen LogP contribution >= 0.6 is 11.6 Å². The smallest absolute Gasteiger partial charge is 0.244 e. The lowest BCUT2D eigenvalue weighted by Gasteiger charge is -2.24. The van der Waals surface area contributed by atoms with E-state index in [0.717, 1.165) is 0 Å². The minimum atomic E-state index is -0.692. The van der Waals surface area contributed by atoms with Crippen molar-refractivity contribution in [3.8, 4) is 5.69 Å². The largest absolute Gasteiger partial charge is 0.323 e. The van der Waals surface area contributed by atoms with Crippen molar-refractivity contribution < 1.29 is 4.79 Å². The molecular formula is C13H17ClN6O. The van der Waals surface area contributed by atoms with Gasteiger partial charge in [-0.25, -0.2) is 4.68 Å². The van der Waals surface area contributed by atoms with Crippen LogP contribution in [0.3, 0.4) is 0 Å². The maximum atomic E-state index is 12.3. The molecule has 1 heterocycles. The second kappa shape index (κ2) is 6.19. The Morgan fingerprint density at radius 2 is 2.19 bits per heavy atom. The SMILES string of the molecule is CCNC(C)(C)C(=O)Nc1cc(-n2cnnn2)ccc1Cl. The monoisotopic (exact) mass is 308 g/mol. The molecule has 0 saturated carbocycles. The van der Waals surface area contributed by atoms with E-state index in [1.54, 1.807) is 18.2 Å². The van der Waals surface area contributed by atoms with Crippen LogP contribution < -0.4 is 10.6 Å². The van der Waals surface area contributed by atoms with E-state index in [4.69, 9.17) is 11.6 Å². The summed E-state index contributed by atoms with van der Waals surface area (Å²) in [5.74, 6) is -0.167. The Morgan fingerprint density at radius 3 is 2.81 bits per heavy atom. The lowest BCUT2D eigenvalue weighted by molar-refractivity contribution is -0.121. The number of benzene rings is 1. The Kier molecular flexibility index (Phi) is 4.54. The summed E-state index contributed by atoms with van der Waals surface area (Å²) in [5.41, 5.74) is 0.532. The standard InChI is InChI=1S/C13H17ClN6O/c1-4-15-13(2,3)12(21)17-11-7-9(5-6-10(11)14)20-8-16-18-19-20/h5-8,15H,4H2,1-3H3,(H,17,21). The molecule has 0 saturated heterocycles. The molecule has 0 aliphatic carbocycles. The normalized spacial score (nSPS) is 11.4. The fourth-order valence-electron chi connectivity index (χ4n) is 1.83. The zero-order chi connectivity index (χ0) is 15.5. The molecule has 0 spiro atoms. The van der Waals surface area contributed by atoms with Crippen LogP contribution in [0.25, 0.3) is 5.69 Å². The van der Waals surface area contributed by atoms with Gasteiger partial charge in [-0.15, -0.1) is 5.10 Å². The highest BCUT2D eigenvalue weighted by atomic mass is 35.5. The summed E-state index contributed by atoms with van der Waals surface area (Å²) < 4.78 is 1.49. The first-order valence-corrected chi connectivity index (χ1v) is 6.91. The van der Waals surface area contributed by atoms with Gasteiger partial charge in [0.15, 0.2) is 0 Å². The van der Waals surface area contributed by atoms with Gasteiger partial charge in [0.25, 0.3) is 0 Å². The van der Waals surface area contributed by atoms with Gasteiger partial charge in [0.05, 0.1) is 21.9 Å². The van der Waals surface area contributed by atoms with E-state index in [2.05, 4.69) is 26.2 Å². The Balaban J connectivity index is 2.24. The van der Waals surface area contributed by atoms with Gasteiger partial charge in [-0.1, -0.05) is 18.5 Å². The molecule has 0 unspecified atom stereocenters.